The van der Waals surface area contributed by atoms with Crippen LogP contribution in [0.15, 0.2) is 23.1 Å². The summed E-state index contributed by atoms with van der Waals surface area (Å²) in [6.45, 7) is 9.53. The lowest BCUT2D eigenvalue weighted by Gasteiger charge is -2.41. The second-order valence-corrected chi connectivity index (χ2v) is 7.23. The average molecular weight is 344 g/mol. The van der Waals surface area contributed by atoms with Gasteiger partial charge in [0.15, 0.2) is 0 Å². The number of morpholine rings is 1. The highest BCUT2D eigenvalue weighted by Gasteiger charge is 2.32. The van der Waals surface area contributed by atoms with Crippen molar-refractivity contribution in [2.75, 3.05) is 19.8 Å². The molecule has 7 heteroatoms. The lowest BCUT2D eigenvalue weighted by molar-refractivity contribution is -0.140. The molecule has 0 aromatic carbocycles. The molecule has 0 saturated carbocycles. The van der Waals surface area contributed by atoms with E-state index in [0.29, 0.717) is 31.0 Å². The first kappa shape index (κ1) is 17.4. The summed E-state index contributed by atoms with van der Waals surface area (Å²) in [5, 5.41) is 5.14. The highest BCUT2D eigenvalue weighted by atomic mass is 16.5. The molecule has 3 heterocycles. The number of hydrogen-bond donors (Lipinski definition) is 1. The first-order chi connectivity index (χ1) is 11.8. The Balaban J connectivity index is 1.87. The zero-order valence-electron chi connectivity index (χ0n) is 15.1. The van der Waals surface area contributed by atoms with Crippen LogP contribution in [0, 0.1) is 0 Å². The number of aromatic amines is 1. The lowest BCUT2D eigenvalue weighted by Crippen LogP contribution is -2.55. The van der Waals surface area contributed by atoms with Gasteiger partial charge in [0.25, 0.3) is 5.56 Å². The lowest BCUT2D eigenvalue weighted by atomic mass is 10.0. The van der Waals surface area contributed by atoms with Crippen molar-refractivity contribution in [2.45, 2.75) is 39.3 Å². The Morgan fingerprint density at radius 2 is 2.20 bits per heavy atom. The summed E-state index contributed by atoms with van der Waals surface area (Å²) >= 11 is 0. The summed E-state index contributed by atoms with van der Waals surface area (Å²) in [5.41, 5.74) is 0.544. The van der Waals surface area contributed by atoms with E-state index in [9.17, 15) is 9.59 Å². The Morgan fingerprint density at radius 1 is 1.44 bits per heavy atom. The van der Waals surface area contributed by atoms with Crippen LogP contribution in [0.3, 0.4) is 0 Å². The van der Waals surface area contributed by atoms with Gasteiger partial charge in [-0.05, 0) is 39.8 Å². The van der Waals surface area contributed by atoms with Gasteiger partial charge in [0.1, 0.15) is 5.65 Å². The van der Waals surface area contributed by atoms with E-state index in [4.69, 9.17) is 4.74 Å². The number of ether oxygens (including phenoxy) is 1. The largest absolute Gasteiger partial charge is 0.377 e. The molecular weight excluding hydrogens is 320 g/mol. The fraction of sp³-hybridized carbons (Fsp3) is 0.500. The quantitative estimate of drug-likeness (QED) is 0.863. The molecule has 1 aliphatic rings. The van der Waals surface area contributed by atoms with Gasteiger partial charge in [0.05, 0.1) is 24.9 Å². The van der Waals surface area contributed by atoms with Crippen molar-refractivity contribution in [3.05, 3.63) is 34.3 Å². The second kappa shape index (κ2) is 6.48. The summed E-state index contributed by atoms with van der Waals surface area (Å²) in [6.07, 6.45) is 4.74. The zero-order chi connectivity index (χ0) is 18.2. The maximum absolute atomic E-state index is 12.5. The molecule has 0 bridgehead atoms. The predicted molar refractivity (Wildman–Crippen MR) is 96.4 cm³/mol. The van der Waals surface area contributed by atoms with Crippen molar-refractivity contribution >= 4 is 23.0 Å². The van der Waals surface area contributed by atoms with E-state index in [1.165, 1.54) is 6.08 Å². The van der Waals surface area contributed by atoms with Gasteiger partial charge >= 0.3 is 0 Å². The van der Waals surface area contributed by atoms with Crippen LogP contribution < -0.4 is 5.56 Å². The first-order valence-corrected chi connectivity index (χ1v) is 8.47. The molecule has 2 aromatic heterocycles. The molecule has 1 aliphatic heterocycles. The topological polar surface area (TPSA) is 80.2 Å². The molecule has 1 N–H and O–H groups in total. The number of fused-ring (bicyclic) bond motifs is 1. The summed E-state index contributed by atoms with van der Waals surface area (Å²) in [6, 6.07) is 1.91. The maximum Gasteiger partial charge on any atom is 0.256 e. The van der Waals surface area contributed by atoms with Crippen molar-refractivity contribution in [3.63, 3.8) is 0 Å². The van der Waals surface area contributed by atoms with Crippen LogP contribution in [0.1, 0.15) is 39.3 Å². The number of amides is 1. The van der Waals surface area contributed by atoms with Crippen molar-refractivity contribution in [1.29, 1.82) is 0 Å². The summed E-state index contributed by atoms with van der Waals surface area (Å²) in [7, 11) is 0. The van der Waals surface area contributed by atoms with Gasteiger partial charge in [0, 0.05) is 29.6 Å². The normalized spacial score (nSPS) is 17.7. The third-order valence-electron chi connectivity index (χ3n) is 4.43. The molecule has 0 atom stereocenters. The van der Waals surface area contributed by atoms with Crippen LogP contribution in [-0.4, -0.2) is 50.9 Å². The van der Waals surface area contributed by atoms with E-state index >= 15 is 0 Å². The molecular formula is C18H24N4O3. The van der Waals surface area contributed by atoms with Crippen LogP contribution in [0.4, 0.5) is 0 Å². The molecule has 0 unspecified atom stereocenters. The van der Waals surface area contributed by atoms with Gasteiger partial charge in [-0.25, -0.2) is 4.68 Å². The third-order valence-corrected chi connectivity index (χ3v) is 4.43. The molecule has 1 fully saturated rings. The van der Waals surface area contributed by atoms with Crippen LogP contribution in [-0.2, 0) is 9.53 Å². The van der Waals surface area contributed by atoms with E-state index < -0.39 is 0 Å². The van der Waals surface area contributed by atoms with Crippen LogP contribution >= 0.6 is 0 Å². The van der Waals surface area contributed by atoms with Crippen molar-refractivity contribution in [3.8, 4) is 0 Å². The maximum atomic E-state index is 12.5. The van der Waals surface area contributed by atoms with Gasteiger partial charge in [-0.1, -0.05) is 0 Å². The van der Waals surface area contributed by atoms with Crippen LogP contribution in [0.25, 0.3) is 17.1 Å². The number of nitrogens with zero attached hydrogens (tertiary/aromatic N) is 3. The fourth-order valence-corrected chi connectivity index (χ4v) is 3.06. The molecule has 0 aliphatic carbocycles. The Hall–Kier alpha value is -2.41. The predicted octanol–water partition coefficient (Wildman–Crippen LogP) is 1.96. The van der Waals surface area contributed by atoms with Gasteiger partial charge in [0.2, 0.25) is 5.91 Å². The first-order valence-electron chi connectivity index (χ1n) is 8.47. The minimum absolute atomic E-state index is 0.120. The molecule has 134 valence electrons. The average Bonchev–Trinajstić information content (AvgIpc) is 2.94. The number of carbonyl (C=O) groups is 1. The van der Waals surface area contributed by atoms with E-state index in [-0.39, 0.29) is 23.0 Å². The fourth-order valence-electron chi connectivity index (χ4n) is 3.06. The van der Waals surface area contributed by atoms with E-state index in [2.05, 4.69) is 10.1 Å². The molecule has 3 rings (SSSR count). The Kier molecular flexibility index (Phi) is 4.51. The Morgan fingerprint density at radius 3 is 2.88 bits per heavy atom. The molecule has 1 amide bonds. The molecule has 0 radical (unpaired) electrons. The van der Waals surface area contributed by atoms with Gasteiger partial charge in [-0.3, -0.25) is 9.59 Å². The van der Waals surface area contributed by atoms with E-state index in [1.54, 1.807) is 27.9 Å². The number of rotatable bonds is 3. The number of aromatic nitrogens is 3. The smallest absolute Gasteiger partial charge is 0.256 e. The molecule has 1 saturated heterocycles. The number of hydrogen-bond acceptors (Lipinski definition) is 4. The van der Waals surface area contributed by atoms with Gasteiger partial charge in [-0.15, -0.1) is 0 Å². The van der Waals surface area contributed by atoms with Crippen LogP contribution in [0.2, 0.25) is 0 Å². The minimum Gasteiger partial charge on any atom is -0.377 e. The minimum atomic E-state index is -0.353. The highest BCUT2D eigenvalue weighted by molar-refractivity contribution is 5.92. The van der Waals surface area contributed by atoms with Crippen molar-refractivity contribution in [1.82, 2.24) is 19.7 Å². The van der Waals surface area contributed by atoms with Crippen molar-refractivity contribution in [2.24, 2.45) is 0 Å². The number of nitrogens with one attached hydrogen (secondary N) is 1. The summed E-state index contributed by atoms with van der Waals surface area (Å²) in [4.78, 5) is 29.5. The Bertz CT molecular complexity index is 876. The molecule has 7 nitrogen and oxygen atoms in total. The van der Waals surface area contributed by atoms with E-state index in [0.717, 1.165) is 5.39 Å². The van der Waals surface area contributed by atoms with Crippen LogP contribution in [0.5, 0.6) is 0 Å². The molecule has 2 aromatic rings. The molecule has 0 spiro atoms. The highest BCUT2D eigenvalue weighted by Crippen LogP contribution is 2.20. The SMILES string of the molecule is CC(C)n1ncc2cc(/C=C/C(=O)N3CCOCC3(C)C)c(=O)[nH]c21. The Labute approximate surface area is 146 Å². The van der Waals surface area contributed by atoms with E-state index in [1.807, 2.05) is 27.7 Å². The summed E-state index contributed by atoms with van der Waals surface area (Å²) in [5.74, 6) is -0.120. The summed E-state index contributed by atoms with van der Waals surface area (Å²) < 4.78 is 7.20. The number of pyridine rings is 1. The number of H-pyrrole nitrogens is 1. The standard InChI is InChI=1S/C18H24N4O3/c1-12(2)22-16-14(10-19-22)9-13(17(24)20-16)5-6-15(23)21-7-8-25-11-18(21,3)4/h5-6,9-10,12H,7-8,11H2,1-4H3,(H,20,24)/b6-5+. The second-order valence-electron chi connectivity index (χ2n) is 7.23. The number of carbonyl (C=O) groups excluding carboxylic acids is 1. The van der Waals surface area contributed by atoms with Gasteiger partial charge < -0.3 is 14.6 Å². The third kappa shape index (κ3) is 3.37. The monoisotopic (exact) mass is 344 g/mol. The molecule has 25 heavy (non-hydrogen) atoms. The zero-order valence-corrected chi connectivity index (χ0v) is 15.1. The van der Waals surface area contributed by atoms with Crippen molar-refractivity contribution < 1.29 is 9.53 Å². The van der Waals surface area contributed by atoms with Gasteiger partial charge in [-0.2, -0.15) is 5.10 Å².